The van der Waals surface area contributed by atoms with Crippen molar-refractivity contribution in [2.24, 2.45) is 11.7 Å². The van der Waals surface area contributed by atoms with Gasteiger partial charge < -0.3 is 11.1 Å². The summed E-state index contributed by atoms with van der Waals surface area (Å²) >= 11 is 5.96. The van der Waals surface area contributed by atoms with E-state index in [4.69, 9.17) is 22.6 Å². The molecule has 1 saturated carbocycles. The van der Waals surface area contributed by atoms with Crippen LogP contribution in [0.4, 0.5) is 5.69 Å². The Hall–Kier alpha value is -1.24. The number of benzene rings is 1. The van der Waals surface area contributed by atoms with E-state index in [1.54, 1.807) is 12.1 Å². The lowest BCUT2D eigenvalue weighted by Gasteiger charge is -2.17. The predicted molar refractivity (Wildman–Crippen MR) is 65.4 cm³/mol. The Morgan fingerprint density at radius 3 is 2.81 bits per heavy atom. The third-order valence-corrected chi connectivity index (χ3v) is 3.20. The smallest absolute Gasteiger partial charge is 0.101 e. The lowest BCUT2D eigenvalue weighted by atomic mass is 10.1. The molecule has 0 saturated heterocycles. The van der Waals surface area contributed by atoms with Gasteiger partial charge in [-0.3, -0.25) is 0 Å². The van der Waals surface area contributed by atoms with E-state index in [1.807, 2.05) is 12.1 Å². The fourth-order valence-corrected chi connectivity index (χ4v) is 2.00. The third kappa shape index (κ3) is 2.46. The van der Waals surface area contributed by atoms with Gasteiger partial charge in [0.1, 0.15) is 6.07 Å². The largest absolute Gasteiger partial charge is 0.381 e. The van der Waals surface area contributed by atoms with Crippen molar-refractivity contribution in [3.8, 4) is 6.07 Å². The van der Waals surface area contributed by atoms with E-state index in [1.165, 1.54) is 12.8 Å². The zero-order valence-electron chi connectivity index (χ0n) is 8.91. The standard InChI is InChI=1S/C12H14ClN3/c13-11-5-10(4-3-9(11)6-14)16-12(7-15)8-1-2-8/h3-5,8,12,16H,1-2,7,15H2. The molecule has 0 radical (unpaired) electrons. The topological polar surface area (TPSA) is 61.8 Å². The number of nitrogens with one attached hydrogen (secondary N) is 1. The first kappa shape index (κ1) is 11.3. The maximum atomic E-state index is 8.76. The molecule has 84 valence electrons. The van der Waals surface area contributed by atoms with Crippen LogP contribution in [0.15, 0.2) is 18.2 Å². The molecule has 0 bridgehead atoms. The van der Waals surface area contributed by atoms with Crippen LogP contribution in [-0.4, -0.2) is 12.6 Å². The summed E-state index contributed by atoms with van der Waals surface area (Å²) in [6, 6.07) is 7.74. The Kier molecular flexibility index (Phi) is 3.33. The summed E-state index contributed by atoms with van der Waals surface area (Å²) in [5.41, 5.74) is 7.15. The van der Waals surface area contributed by atoms with Gasteiger partial charge in [-0.2, -0.15) is 5.26 Å². The first-order valence-corrected chi connectivity index (χ1v) is 5.78. The normalized spacial score (nSPS) is 16.6. The second-order valence-electron chi connectivity index (χ2n) is 4.13. The molecular formula is C12H14ClN3. The van der Waals surface area contributed by atoms with Crippen LogP contribution in [0, 0.1) is 17.2 Å². The second-order valence-corrected chi connectivity index (χ2v) is 4.54. The maximum Gasteiger partial charge on any atom is 0.101 e. The van der Waals surface area contributed by atoms with Crippen LogP contribution in [0.5, 0.6) is 0 Å². The van der Waals surface area contributed by atoms with Crippen molar-refractivity contribution < 1.29 is 0 Å². The van der Waals surface area contributed by atoms with E-state index < -0.39 is 0 Å². The number of nitriles is 1. The van der Waals surface area contributed by atoms with Crippen LogP contribution in [0.25, 0.3) is 0 Å². The average molecular weight is 236 g/mol. The molecule has 1 aromatic rings. The highest BCUT2D eigenvalue weighted by molar-refractivity contribution is 6.32. The minimum absolute atomic E-state index is 0.323. The molecule has 0 aromatic heterocycles. The molecular weight excluding hydrogens is 222 g/mol. The van der Waals surface area contributed by atoms with Gasteiger partial charge in [0.15, 0.2) is 0 Å². The van der Waals surface area contributed by atoms with E-state index in [2.05, 4.69) is 5.32 Å². The molecule has 3 N–H and O–H groups in total. The maximum absolute atomic E-state index is 8.76. The molecule has 1 atom stereocenters. The summed E-state index contributed by atoms with van der Waals surface area (Å²) in [6.45, 7) is 0.627. The van der Waals surface area contributed by atoms with Crippen LogP contribution >= 0.6 is 11.6 Å². The number of hydrogen-bond acceptors (Lipinski definition) is 3. The summed E-state index contributed by atoms with van der Waals surface area (Å²) in [4.78, 5) is 0. The second kappa shape index (κ2) is 4.73. The summed E-state index contributed by atoms with van der Waals surface area (Å²) in [6.07, 6.45) is 2.50. The number of halogens is 1. The molecule has 0 aliphatic heterocycles. The lowest BCUT2D eigenvalue weighted by molar-refractivity contribution is 0.645. The lowest BCUT2D eigenvalue weighted by Crippen LogP contribution is -2.30. The van der Waals surface area contributed by atoms with E-state index in [0.29, 0.717) is 29.1 Å². The van der Waals surface area contributed by atoms with Gasteiger partial charge in [0.2, 0.25) is 0 Å². The van der Waals surface area contributed by atoms with Gasteiger partial charge in [0.25, 0.3) is 0 Å². The van der Waals surface area contributed by atoms with Gasteiger partial charge in [-0.25, -0.2) is 0 Å². The third-order valence-electron chi connectivity index (χ3n) is 2.89. The Balaban J connectivity index is 2.09. The zero-order chi connectivity index (χ0) is 11.5. The quantitative estimate of drug-likeness (QED) is 0.842. The van der Waals surface area contributed by atoms with Crippen molar-refractivity contribution in [3.05, 3.63) is 28.8 Å². The molecule has 2 rings (SSSR count). The number of anilines is 1. The molecule has 0 spiro atoms. The van der Waals surface area contributed by atoms with Gasteiger partial charge in [-0.05, 0) is 37.0 Å². The van der Waals surface area contributed by atoms with Crippen LogP contribution < -0.4 is 11.1 Å². The Bertz CT molecular complexity index is 421. The highest BCUT2D eigenvalue weighted by Crippen LogP contribution is 2.34. The minimum Gasteiger partial charge on any atom is -0.381 e. The Morgan fingerprint density at radius 1 is 1.56 bits per heavy atom. The molecule has 1 aliphatic carbocycles. The molecule has 1 aliphatic rings. The van der Waals surface area contributed by atoms with Gasteiger partial charge in [0.05, 0.1) is 10.6 Å². The first-order valence-electron chi connectivity index (χ1n) is 5.41. The van der Waals surface area contributed by atoms with Crippen molar-refractivity contribution in [3.63, 3.8) is 0 Å². The fourth-order valence-electron chi connectivity index (χ4n) is 1.78. The molecule has 0 heterocycles. The Morgan fingerprint density at radius 2 is 2.31 bits per heavy atom. The van der Waals surface area contributed by atoms with Crippen molar-refractivity contribution in [1.29, 1.82) is 5.26 Å². The van der Waals surface area contributed by atoms with Crippen molar-refractivity contribution in [2.45, 2.75) is 18.9 Å². The molecule has 1 aromatic carbocycles. The minimum atomic E-state index is 0.323. The SMILES string of the molecule is N#Cc1ccc(NC(CN)C2CC2)cc1Cl. The molecule has 16 heavy (non-hydrogen) atoms. The molecule has 3 nitrogen and oxygen atoms in total. The van der Waals surface area contributed by atoms with E-state index in [9.17, 15) is 0 Å². The van der Waals surface area contributed by atoms with Gasteiger partial charge in [0, 0.05) is 18.3 Å². The van der Waals surface area contributed by atoms with Crippen molar-refractivity contribution in [1.82, 2.24) is 0 Å². The van der Waals surface area contributed by atoms with Crippen LogP contribution in [0.2, 0.25) is 5.02 Å². The van der Waals surface area contributed by atoms with Crippen LogP contribution in [0.3, 0.4) is 0 Å². The summed E-state index contributed by atoms with van der Waals surface area (Å²) in [5.74, 6) is 0.694. The van der Waals surface area contributed by atoms with Crippen molar-refractivity contribution >= 4 is 17.3 Å². The van der Waals surface area contributed by atoms with E-state index >= 15 is 0 Å². The summed E-state index contributed by atoms with van der Waals surface area (Å²) < 4.78 is 0. The monoisotopic (exact) mass is 235 g/mol. The molecule has 1 fully saturated rings. The zero-order valence-corrected chi connectivity index (χ0v) is 9.67. The highest BCUT2D eigenvalue weighted by atomic mass is 35.5. The molecule has 1 unspecified atom stereocenters. The van der Waals surface area contributed by atoms with Gasteiger partial charge >= 0.3 is 0 Å². The number of nitrogens with zero attached hydrogens (tertiary/aromatic N) is 1. The molecule has 4 heteroatoms. The van der Waals surface area contributed by atoms with Crippen molar-refractivity contribution in [2.75, 3.05) is 11.9 Å². The number of nitrogens with two attached hydrogens (primary N) is 1. The summed E-state index contributed by atoms with van der Waals surface area (Å²) in [7, 11) is 0. The highest BCUT2D eigenvalue weighted by Gasteiger charge is 2.30. The average Bonchev–Trinajstić information content (AvgIpc) is 3.10. The summed E-state index contributed by atoms with van der Waals surface area (Å²) in [5, 5.41) is 12.6. The first-order chi connectivity index (χ1) is 7.74. The van der Waals surface area contributed by atoms with Gasteiger partial charge in [-0.1, -0.05) is 11.6 Å². The number of rotatable bonds is 4. The fraction of sp³-hybridized carbons (Fsp3) is 0.417. The van der Waals surface area contributed by atoms with Crippen LogP contribution in [0.1, 0.15) is 18.4 Å². The predicted octanol–water partition coefficient (Wildman–Crippen LogP) is 2.36. The van der Waals surface area contributed by atoms with Gasteiger partial charge in [-0.15, -0.1) is 0 Å². The van der Waals surface area contributed by atoms with E-state index in [-0.39, 0.29) is 0 Å². The number of hydrogen-bond donors (Lipinski definition) is 2. The van der Waals surface area contributed by atoms with E-state index in [0.717, 1.165) is 5.69 Å². The Labute approximate surface area is 100 Å². The van der Waals surface area contributed by atoms with Crippen LogP contribution in [-0.2, 0) is 0 Å². The molecule has 0 amide bonds.